The summed E-state index contributed by atoms with van der Waals surface area (Å²) in [6.07, 6.45) is 8.39. The lowest BCUT2D eigenvalue weighted by Gasteiger charge is -2.23. The third kappa shape index (κ3) is 3.30. The summed E-state index contributed by atoms with van der Waals surface area (Å²) in [6, 6.07) is 4.13. The lowest BCUT2D eigenvalue weighted by atomic mass is 9.97. The van der Waals surface area contributed by atoms with Gasteiger partial charge in [0.25, 0.3) is 0 Å². The Labute approximate surface area is 158 Å². The number of nitrogens with zero attached hydrogens (tertiary/aromatic N) is 3. The van der Waals surface area contributed by atoms with Gasteiger partial charge in [-0.15, -0.1) is 0 Å². The van der Waals surface area contributed by atoms with Crippen LogP contribution in [0.5, 0.6) is 0 Å². The maximum atomic E-state index is 12.9. The number of ether oxygens (including phenoxy) is 1. The minimum atomic E-state index is -0.0771. The van der Waals surface area contributed by atoms with Crippen LogP contribution in [0.15, 0.2) is 29.3 Å². The van der Waals surface area contributed by atoms with Crippen LogP contribution in [-0.2, 0) is 11.2 Å². The molecule has 1 fully saturated rings. The van der Waals surface area contributed by atoms with E-state index in [1.54, 1.807) is 12.4 Å². The Balaban J connectivity index is 1.97. The number of H-pyrrole nitrogens is 1. The van der Waals surface area contributed by atoms with E-state index in [1.807, 2.05) is 16.7 Å². The molecule has 4 heterocycles. The maximum Gasteiger partial charge on any atom is 0.327 e. The third-order valence-electron chi connectivity index (χ3n) is 5.49. The van der Waals surface area contributed by atoms with E-state index in [0.717, 1.165) is 65.7 Å². The van der Waals surface area contributed by atoms with Crippen molar-refractivity contribution in [3.05, 3.63) is 46.3 Å². The summed E-state index contributed by atoms with van der Waals surface area (Å²) < 4.78 is 7.34. The standard InChI is InChI=1S/C21H26N4O2/c1-3-4-5-17-14(2)18(15-6-10-22-11-7-15)19-20(23-17)25(21(26)24-19)16-8-12-27-13-9-16/h6-7,10-11,16H,3-5,8-9,12-13H2,1-2H3,(H,24,26). The molecule has 0 spiro atoms. The number of pyridine rings is 2. The van der Waals surface area contributed by atoms with Gasteiger partial charge in [-0.3, -0.25) is 9.55 Å². The van der Waals surface area contributed by atoms with Crippen molar-refractivity contribution in [2.45, 2.75) is 52.0 Å². The fourth-order valence-electron chi connectivity index (χ4n) is 4.02. The van der Waals surface area contributed by atoms with E-state index in [4.69, 9.17) is 9.72 Å². The monoisotopic (exact) mass is 366 g/mol. The first-order valence-electron chi connectivity index (χ1n) is 9.82. The highest BCUT2D eigenvalue weighted by atomic mass is 16.5. The van der Waals surface area contributed by atoms with Crippen molar-refractivity contribution in [3.63, 3.8) is 0 Å². The van der Waals surface area contributed by atoms with Crippen LogP contribution in [0, 0.1) is 6.92 Å². The third-order valence-corrected chi connectivity index (χ3v) is 5.49. The molecular formula is C21H26N4O2. The van der Waals surface area contributed by atoms with Crippen molar-refractivity contribution in [2.24, 2.45) is 0 Å². The van der Waals surface area contributed by atoms with Crippen molar-refractivity contribution in [2.75, 3.05) is 13.2 Å². The Morgan fingerprint density at radius 1 is 1.26 bits per heavy atom. The number of aryl methyl sites for hydroxylation is 1. The van der Waals surface area contributed by atoms with E-state index >= 15 is 0 Å². The molecule has 6 nitrogen and oxygen atoms in total. The molecular weight excluding hydrogens is 340 g/mol. The highest BCUT2D eigenvalue weighted by Crippen LogP contribution is 2.33. The zero-order valence-corrected chi connectivity index (χ0v) is 16.0. The smallest absolute Gasteiger partial charge is 0.327 e. The number of nitrogens with one attached hydrogen (secondary N) is 1. The van der Waals surface area contributed by atoms with Crippen molar-refractivity contribution < 1.29 is 4.74 Å². The predicted molar refractivity (Wildman–Crippen MR) is 106 cm³/mol. The Hall–Kier alpha value is -2.47. The number of aromatic amines is 1. The molecule has 3 aromatic heterocycles. The molecule has 0 atom stereocenters. The van der Waals surface area contributed by atoms with E-state index in [9.17, 15) is 4.79 Å². The lowest BCUT2D eigenvalue weighted by molar-refractivity contribution is 0.0697. The van der Waals surface area contributed by atoms with Crippen LogP contribution >= 0.6 is 0 Å². The summed E-state index contributed by atoms with van der Waals surface area (Å²) in [5, 5.41) is 0. The number of aromatic nitrogens is 4. The maximum absolute atomic E-state index is 12.9. The average Bonchev–Trinajstić information content (AvgIpc) is 3.03. The van der Waals surface area contributed by atoms with Gasteiger partial charge in [-0.05, 0) is 55.9 Å². The number of rotatable bonds is 5. The zero-order chi connectivity index (χ0) is 18.8. The van der Waals surface area contributed by atoms with Gasteiger partial charge in [0.2, 0.25) is 0 Å². The Morgan fingerprint density at radius 3 is 2.70 bits per heavy atom. The van der Waals surface area contributed by atoms with E-state index in [2.05, 4.69) is 23.8 Å². The van der Waals surface area contributed by atoms with Crippen molar-refractivity contribution in [1.29, 1.82) is 0 Å². The Bertz CT molecular complexity index is 985. The molecule has 27 heavy (non-hydrogen) atoms. The SMILES string of the molecule is CCCCc1nc2c([nH]c(=O)n2C2CCOCC2)c(-c2ccncc2)c1C. The molecule has 0 radical (unpaired) electrons. The number of hydrogen-bond acceptors (Lipinski definition) is 4. The second-order valence-electron chi connectivity index (χ2n) is 7.24. The number of imidazole rings is 1. The van der Waals surface area contributed by atoms with Crippen LogP contribution in [0.2, 0.25) is 0 Å². The summed E-state index contributed by atoms with van der Waals surface area (Å²) in [4.78, 5) is 25.1. The van der Waals surface area contributed by atoms with Gasteiger partial charge in [0.15, 0.2) is 5.65 Å². The topological polar surface area (TPSA) is 72.8 Å². The first-order chi connectivity index (χ1) is 13.2. The highest BCUT2D eigenvalue weighted by molar-refractivity contribution is 5.92. The number of fused-ring (bicyclic) bond motifs is 1. The molecule has 6 heteroatoms. The minimum Gasteiger partial charge on any atom is -0.381 e. The van der Waals surface area contributed by atoms with Gasteiger partial charge in [0, 0.05) is 42.9 Å². The summed E-state index contributed by atoms with van der Waals surface area (Å²) in [5.41, 5.74) is 5.88. The summed E-state index contributed by atoms with van der Waals surface area (Å²) >= 11 is 0. The molecule has 0 aromatic carbocycles. The van der Waals surface area contributed by atoms with Gasteiger partial charge >= 0.3 is 5.69 Å². The average molecular weight is 366 g/mol. The van der Waals surface area contributed by atoms with Crippen molar-refractivity contribution in [3.8, 4) is 11.1 Å². The van der Waals surface area contributed by atoms with Gasteiger partial charge in [0.05, 0.1) is 5.52 Å². The molecule has 4 rings (SSSR count). The van der Waals surface area contributed by atoms with Crippen LogP contribution in [0.25, 0.3) is 22.3 Å². The van der Waals surface area contributed by atoms with Crippen molar-refractivity contribution >= 4 is 11.2 Å². The largest absolute Gasteiger partial charge is 0.381 e. The quantitative estimate of drug-likeness (QED) is 0.746. The lowest BCUT2D eigenvalue weighted by Crippen LogP contribution is -2.27. The Kier molecular flexibility index (Phi) is 5.07. The second kappa shape index (κ2) is 7.64. The summed E-state index contributed by atoms with van der Waals surface area (Å²) in [6.45, 7) is 5.67. The molecule has 1 aliphatic heterocycles. The van der Waals surface area contributed by atoms with Crippen LogP contribution in [0.3, 0.4) is 0 Å². The molecule has 0 unspecified atom stereocenters. The molecule has 1 N–H and O–H groups in total. The fraction of sp³-hybridized carbons (Fsp3) is 0.476. The molecule has 0 bridgehead atoms. The second-order valence-corrected chi connectivity index (χ2v) is 7.24. The Morgan fingerprint density at radius 2 is 2.00 bits per heavy atom. The summed E-state index contributed by atoms with van der Waals surface area (Å²) in [5.74, 6) is 0. The zero-order valence-electron chi connectivity index (χ0n) is 16.0. The van der Waals surface area contributed by atoms with Crippen LogP contribution in [-0.4, -0.2) is 32.7 Å². The van der Waals surface area contributed by atoms with Gasteiger partial charge in [-0.1, -0.05) is 13.3 Å². The van der Waals surface area contributed by atoms with Crippen LogP contribution in [0.4, 0.5) is 0 Å². The van der Waals surface area contributed by atoms with Gasteiger partial charge in [-0.2, -0.15) is 0 Å². The van der Waals surface area contributed by atoms with E-state index in [-0.39, 0.29) is 11.7 Å². The molecule has 1 saturated heterocycles. The normalized spacial score (nSPS) is 15.5. The number of unbranched alkanes of at least 4 members (excludes halogenated alkanes) is 1. The minimum absolute atomic E-state index is 0.0771. The molecule has 142 valence electrons. The first-order valence-corrected chi connectivity index (χ1v) is 9.82. The van der Waals surface area contributed by atoms with Crippen molar-refractivity contribution in [1.82, 2.24) is 19.5 Å². The molecule has 0 aliphatic carbocycles. The van der Waals surface area contributed by atoms with Crippen LogP contribution in [0.1, 0.15) is 49.9 Å². The van der Waals surface area contributed by atoms with Gasteiger partial charge < -0.3 is 9.72 Å². The van der Waals surface area contributed by atoms with Crippen LogP contribution < -0.4 is 5.69 Å². The fourth-order valence-corrected chi connectivity index (χ4v) is 4.02. The van der Waals surface area contributed by atoms with E-state index in [1.165, 1.54) is 0 Å². The summed E-state index contributed by atoms with van der Waals surface area (Å²) in [7, 11) is 0. The predicted octanol–water partition coefficient (Wildman–Crippen LogP) is 3.79. The van der Waals surface area contributed by atoms with E-state index in [0.29, 0.717) is 13.2 Å². The molecule has 3 aromatic rings. The molecule has 1 aliphatic rings. The molecule has 0 amide bonds. The van der Waals surface area contributed by atoms with E-state index < -0.39 is 0 Å². The number of hydrogen-bond donors (Lipinski definition) is 1. The van der Waals surface area contributed by atoms with Gasteiger partial charge in [-0.25, -0.2) is 9.78 Å². The first kappa shape index (κ1) is 17.9. The highest BCUT2D eigenvalue weighted by Gasteiger charge is 2.24. The molecule has 0 saturated carbocycles. The van der Waals surface area contributed by atoms with Gasteiger partial charge in [0.1, 0.15) is 0 Å².